The third-order valence-electron chi connectivity index (χ3n) is 9.95. The minimum atomic E-state index is -4.91. The van der Waals surface area contributed by atoms with Gasteiger partial charge < -0.3 is 48.9 Å². The molecule has 21 nitrogen and oxygen atoms in total. The molecule has 1 aromatic carbocycles. The second-order valence-electron chi connectivity index (χ2n) is 14.0. The van der Waals surface area contributed by atoms with Crippen LogP contribution in [0.2, 0.25) is 0 Å². The summed E-state index contributed by atoms with van der Waals surface area (Å²) in [5.74, 6) is -5.43. The Morgan fingerprint density at radius 3 is 2.58 bits per heavy atom. The second-order valence-corrected chi connectivity index (χ2v) is 15.2. The van der Waals surface area contributed by atoms with Crippen LogP contribution in [0.5, 0.6) is 5.75 Å². The lowest BCUT2D eigenvalue weighted by Gasteiger charge is -2.42. The van der Waals surface area contributed by atoms with Crippen molar-refractivity contribution in [1.82, 2.24) is 25.1 Å². The summed E-state index contributed by atoms with van der Waals surface area (Å²) in [6, 6.07) is 4.53. The van der Waals surface area contributed by atoms with Crippen LogP contribution in [-0.2, 0) is 41.3 Å². The summed E-state index contributed by atoms with van der Waals surface area (Å²) in [6.07, 6.45) is 1.21. The first kappa shape index (κ1) is 43.3. The van der Waals surface area contributed by atoms with E-state index in [0.717, 1.165) is 17.0 Å². The van der Waals surface area contributed by atoms with Gasteiger partial charge in [-0.3, -0.25) is 24.1 Å². The molecular formula is C36H38F2N7O14P. The Morgan fingerprint density at radius 2 is 1.88 bits per heavy atom. The average molecular weight is 862 g/mol. The van der Waals surface area contributed by atoms with Crippen LogP contribution in [0.1, 0.15) is 71.1 Å². The summed E-state index contributed by atoms with van der Waals surface area (Å²) in [4.78, 5) is 110. The number of amides is 4. The summed E-state index contributed by atoms with van der Waals surface area (Å²) in [5.41, 5.74) is -2.40. The lowest BCUT2D eigenvalue weighted by Crippen LogP contribution is -2.52. The molecule has 0 radical (unpaired) electrons. The number of anilines is 1. The van der Waals surface area contributed by atoms with E-state index in [9.17, 15) is 42.1 Å². The Labute approximate surface area is 338 Å². The van der Waals surface area contributed by atoms with E-state index in [1.807, 2.05) is 12.2 Å². The van der Waals surface area contributed by atoms with E-state index < -0.39 is 104 Å². The van der Waals surface area contributed by atoms with Gasteiger partial charge in [0.05, 0.1) is 11.8 Å². The lowest BCUT2D eigenvalue weighted by atomic mass is 9.84. The first-order valence-corrected chi connectivity index (χ1v) is 19.6. The number of fused-ring (bicyclic) bond motifs is 5. The van der Waals surface area contributed by atoms with E-state index in [1.54, 1.807) is 6.92 Å². The molecule has 0 saturated carbocycles. The minimum Gasteiger partial charge on any atom is -0.459 e. The third-order valence-corrected chi connectivity index (χ3v) is 10.4. The number of phosphoric ester groups is 1. The Kier molecular flexibility index (Phi) is 12.6. The highest BCUT2D eigenvalue weighted by Crippen LogP contribution is 2.46. The number of halogens is 2. The number of rotatable bonds is 12. The SMILES string of the molecule is CC1=NO[C@@]2(CC[C@H](C)N3C[C@H]2n2cc(C(=O)NCc4ccc(F)cc4F)c(=O)c(OC(=O)N(C)c4ncccc4COC(=O)CNC(=O)OCOP(=O)(O)O)c2C3=O)C1. The fraction of sp³-hybridized carbons (Fsp3) is 0.389. The molecule has 4 N–H and O–H groups in total. The van der Waals surface area contributed by atoms with Gasteiger partial charge in [0.2, 0.25) is 18.0 Å². The van der Waals surface area contributed by atoms with Gasteiger partial charge in [-0.15, -0.1) is 0 Å². The summed E-state index contributed by atoms with van der Waals surface area (Å²) in [5, 5.41) is 8.61. The van der Waals surface area contributed by atoms with Crippen molar-refractivity contribution in [2.45, 2.75) is 63.9 Å². The molecule has 60 heavy (non-hydrogen) atoms. The first-order chi connectivity index (χ1) is 28.4. The van der Waals surface area contributed by atoms with Crippen LogP contribution in [0.4, 0.5) is 24.2 Å². The predicted molar refractivity (Wildman–Crippen MR) is 199 cm³/mol. The highest BCUT2D eigenvalue weighted by molar-refractivity contribution is 7.46. The van der Waals surface area contributed by atoms with Gasteiger partial charge in [-0.2, -0.15) is 0 Å². The van der Waals surface area contributed by atoms with Crippen molar-refractivity contribution in [2.75, 3.05) is 31.8 Å². The van der Waals surface area contributed by atoms with Gasteiger partial charge in [0.25, 0.3) is 11.8 Å². The molecule has 1 fully saturated rings. The molecule has 4 amide bonds. The van der Waals surface area contributed by atoms with Crippen molar-refractivity contribution < 1.29 is 70.7 Å². The zero-order valence-corrected chi connectivity index (χ0v) is 33.0. The van der Waals surface area contributed by atoms with Crippen LogP contribution in [0, 0.1) is 11.6 Å². The Hall–Kier alpha value is -6.29. The molecule has 5 heterocycles. The Bertz CT molecular complexity index is 2370. The lowest BCUT2D eigenvalue weighted by molar-refractivity contribution is -0.143. The second kappa shape index (κ2) is 17.5. The van der Waals surface area contributed by atoms with E-state index in [-0.39, 0.29) is 35.2 Å². The van der Waals surface area contributed by atoms with Crippen LogP contribution in [0.15, 0.2) is 52.7 Å². The molecule has 0 aliphatic carbocycles. The summed E-state index contributed by atoms with van der Waals surface area (Å²) in [6.45, 7) is 0.857. The molecular weight excluding hydrogens is 823 g/mol. The van der Waals surface area contributed by atoms with Crippen LogP contribution in [-0.4, -0.2) is 98.5 Å². The van der Waals surface area contributed by atoms with Gasteiger partial charge in [0.1, 0.15) is 36.2 Å². The van der Waals surface area contributed by atoms with Crippen molar-refractivity contribution >= 4 is 49.3 Å². The maximum Gasteiger partial charge on any atom is 0.472 e. The number of nitrogens with one attached hydrogen (secondary N) is 2. The topological polar surface area (TPSA) is 267 Å². The molecule has 3 atom stereocenters. The van der Waals surface area contributed by atoms with E-state index >= 15 is 0 Å². The number of pyridine rings is 2. The molecule has 24 heteroatoms. The molecule has 2 bridgehead atoms. The molecule has 6 rings (SSSR count). The number of hydrogen-bond donors (Lipinski definition) is 4. The number of alkyl carbamates (subject to hydrolysis) is 1. The Morgan fingerprint density at radius 1 is 1.12 bits per heavy atom. The quantitative estimate of drug-likeness (QED) is 0.116. The number of hydrogen-bond acceptors (Lipinski definition) is 14. The van der Waals surface area contributed by atoms with Crippen molar-refractivity contribution in [3.05, 3.63) is 87.0 Å². The van der Waals surface area contributed by atoms with Crippen LogP contribution >= 0.6 is 7.82 Å². The molecule has 2 aromatic heterocycles. The van der Waals surface area contributed by atoms with Gasteiger partial charge in [0.15, 0.2) is 11.3 Å². The standard InChI is InChI=1S/C36H38F2N7O14P/c1-19-12-36(59-42-19)9-8-20(2)44-16-26(36)45-15-24(32(48)40-13-21-6-7-23(37)11-25(21)38)29(47)30(28(45)33(44)49)58-35(51)43(3)31-22(5-4-10-39-31)17-55-27(46)14-41-34(50)56-18-57-60(52,53)54/h4-7,10-11,15,20,26H,8-9,12-14,16-18H2,1-3H3,(H,40,48)(H,41,50)(H2,52,53,54)/t20-,26+,36-/m0/s1. The molecule has 320 valence electrons. The fourth-order valence-corrected chi connectivity index (χ4v) is 7.13. The molecule has 1 spiro atoms. The maximum absolute atomic E-state index is 14.5. The number of benzene rings is 1. The van der Waals surface area contributed by atoms with Gasteiger partial charge in [-0.25, -0.2) is 32.4 Å². The number of nitrogens with zero attached hydrogens (tertiary/aromatic N) is 5. The van der Waals surface area contributed by atoms with E-state index in [4.69, 9.17) is 24.1 Å². The first-order valence-electron chi connectivity index (χ1n) is 18.1. The van der Waals surface area contributed by atoms with Crippen LogP contribution in [0.3, 0.4) is 0 Å². The highest BCUT2D eigenvalue weighted by Gasteiger charge is 2.54. The molecule has 0 unspecified atom stereocenters. The number of carbonyl (C=O) groups is 5. The number of ether oxygens (including phenoxy) is 3. The van der Waals surface area contributed by atoms with E-state index in [1.165, 1.54) is 41.0 Å². The van der Waals surface area contributed by atoms with E-state index in [0.29, 0.717) is 31.0 Å². The third kappa shape index (κ3) is 9.44. The van der Waals surface area contributed by atoms with Crippen molar-refractivity contribution in [3.8, 4) is 5.75 Å². The number of esters is 1. The van der Waals surface area contributed by atoms with Crippen LogP contribution < -0.4 is 25.7 Å². The normalized spacial score (nSPS) is 19.4. The number of carbonyl (C=O) groups excluding carboxylic acids is 5. The van der Waals surface area contributed by atoms with Gasteiger partial charge >= 0.3 is 26.0 Å². The Balaban J connectivity index is 1.28. The molecule has 3 aliphatic heterocycles. The summed E-state index contributed by atoms with van der Waals surface area (Å²) < 4.78 is 59.3. The maximum atomic E-state index is 14.5. The van der Waals surface area contributed by atoms with E-state index in [2.05, 4.69) is 24.7 Å². The fourth-order valence-electron chi connectivity index (χ4n) is 6.94. The largest absolute Gasteiger partial charge is 0.472 e. The number of phosphoric acid groups is 1. The smallest absolute Gasteiger partial charge is 0.459 e. The van der Waals surface area contributed by atoms with Gasteiger partial charge in [-0.1, -0.05) is 17.3 Å². The molecule has 1 saturated heterocycles. The van der Waals surface area contributed by atoms with Gasteiger partial charge in [-0.05, 0) is 38.8 Å². The number of oxime groups is 1. The molecule has 3 aromatic rings. The monoisotopic (exact) mass is 861 g/mol. The van der Waals surface area contributed by atoms with Crippen LogP contribution in [0.25, 0.3) is 0 Å². The summed E-state index contributed by atoms with van der Waals surface area (Å²) >= 11 is 0. The minimum absolute atomic E-state index is 0.0888. The summed E-state index contributed by atoms with van der Waals surface area (Å²) in [7, 11) is -3.70. The van der Waals surface area contributed by atoms with Gasteiger partial charge in [0, 0.05) is 62.2 Å². The predicted octanol–water partition coefficient (Wildman–Crippen LogP) is 2.64. The average Bonchev–Trinajstić information content (AvgIpc) is 3.53. The number of aromatic nitrogens is 2. The highest BCUT2D eigenvalue weighted by atomic mass is 31.2. The van der Waals surface area contributed by atoms with Crippen molar-refractivity contribution in [1.29, 1.82) is 0 Å². The zero-order valence-electron chi connectivity index (χ0n) is 32.1. The zero-order chi connectivity index (χ0) is 43.5. The van der Waals surface area contributed by atoms with Crippen molar-refractivity contribution in [3.63, 3.8) is 0 Å². The molecule has 3 aliphatic rings. The van der Waals surface area contributed by atoms with Crippen molar-refractivity contribution in [2.24, 2.45) is 5.16 Å².